The predicted molar refractivity (Wildman–Crippen MR) is 142 cm³/mol. The van der Waals surface area contributed by atoms with Gasteiger partial charge in [0.05, 0.1) is 5.56 Å². The van der Waals surface area contributed by atoms with E-state index in [2.05, 4.69) is 74.6 Å². The molecule has 0 bridgehead atoms. The van der Waals surface area contributed by atoms with Gasteiger partial charge in [-0.1, -0.05) is 26.0 Å². The van der Waals surface area contributed by atoms with Crippen LogP contribution in [0, 0.1) is 0 Å². The number of carbonyl (C=O) groups excluding carboxylic acids is 1. The average molecular weight is 462 g/mol. The summed E-state index contributed by atoms with van der Waals surface area (Å²) in [5.74, 6) is 1.15. The molecular formula is C28H35N3OS. The Bertz CT molecular complexity index is 1210. The number of nitrogens with one attached hydrogen (secondary N) is 1. The number of carbonyl (C=O) groups is 1. The number of aromatic amines is 1. The predicted octanol–water partition coefficient (Wildman–Crippen LogP) is 6.30. The van der Waals surface area contributed by atoms with E-state index < -0.39 is 0 Å². The lowest BCUT2D eigenvalue weighted by atomic mass is 9.71. The maximum Gasteiger partial charge on any atom is 0.195 e. The summed E-state index contributed by atoms with van der Waals surface area (Å²) in [5, 5.41) is 0.989. The second kappa shape index (κ2) is 9.11. The molecule has 4 rings (SSSR count). The highest BCUT2D eigenvalue weighted by atomic mass is 32.2. The third-order valence-corrected chi connectivity index (χ3v) is 7.78. The van der Waals surface area contributed by atoms with Crippen LogP contribution in [0.4, 0.5) is 0 Å². The van der Waals surface area contributed by atoms with E-state index in [0.29, 0.717) is 12.1 Å². The van der Waals surface area contributed by atoms with Gasteiger partial charge >= 0.3 is 0 Å². The van der Waals surface area contributed by atoms with Crippen LogP contribution < -0.4 is 0 Å². The molecule has 3 aromatic rings. The quantitative estimate of drug-likeness (QED) is 0.332. The third-order valence-electron chi connectivity index (χ3n) is 6.81. The van der Waals surface area contributed by atoms with Crippen LogP contribution in [0.15, 0.2) is 46.3 Å². The first kappa shape index (κ1) is 23.8. The molecule has 1 aromatic heterocycles. The van der Waals surface area contributed by atoms with Crippen LogP contribution in [0.1, 0.15) is 74.3 Å². The van der Waals surface area contributed by atoms with E-state index in [1.165, 1.54) is 4.90 Å². The van der Waals surface area contributed by atoms with Gasteiger partial charge in [0.2, 0.25) is 0 Å². The van der Waals surface area contributed by atoms with Crippen LogP contribution >= 0.6 is 11.8 Å². The summed E-state index contributed by atoms with van der Waals surface area (Å²) in [6.45, 7) is 14.5. The van der Waals surface area contributed by atoms with Crippen molar-refractivity contribution in [2.75, 3.05) is 19.3 Å². The van der Waals surface area contributed by atoms with Gasteiger partial charge in [-0.15, -0.1) is 11.8 Å². The molecule has 174 valence electrons. The highest BCUT2D eigenvalue weighted by Crippen LogP contribution is 2.44. The SMILES string of the molecule is CN=Cc1ccc2c3c([nH]c2c1)C(C)(C)c1cc(SCCN(C(C)C)C(C)C)ccc1C3=O. The maximum atomic E-state index is 13.6. The van der Waals surface area contributed by atoms with Gasteiger partial charge in [0.15, 0.2) is 5.78 Å². The van der Waals surface area contributed by atoms with Gasteiger partial charge in [-0.25, -0.2) is 0 Å². The summed E-state index contributed by atoms with van der Waals surface area (Å²) in [6, 6.07) is 13.6. The Labute approximate surface area is 201 Å². The number of hydrogen-bond acceptors (Lipinski definition) is 4. The second-order valence-electron chi connectivity index (χ2n) is 10.0. The van der Waals surface area contributed by atoms with Crippen molar-refractivity contribution in [2.24, 2.45) is 4.99 Å². The summed E-state index contributed by atoms with van der Waals surface area (Å²) in [5.41, 5.74) is 5.49. The number of benzene rings is 2. The van der Waals surface area contributed by atoms with Crippen molar-refractivity contribution in [1.29, 1.82) is 0 Å². The van der Waals surface area contributed by atoms with Gasteiger partial charge in [-0.3, -0.25) is 14.7 Å². The first-order valence-electron chi connectivity index (χ1n) is 11.8. The molecule has 0 fully saturated rings. The standard InChI is InChI=1S/C28H35N3OS/c1-17(2)31(18(3)4)12-13-33-20-9-11-21-23(15-20)28(5,6)27-25(26(21)32)22-10-8-19(16-29-7)14-24(22)30-27/h8-11,14-18,30H,12-13H2,1-7H3. The number of ketones is 1. The van der Waals surface area contributed by atoms with Crippen LogP contribution in [0.3, 0.4) is 0 Å². The van der Waals surface area contributed by atoms with Crippen molar-refractivity contribution in [2.45, 2.75) is 63.9 Å². The number of rotatable bonds is 7. The molecule has 0 spiro atoms. The van der Waals surface area contributed by atoms with Crippen molar-refractivity contribution < 1.29 is 4.79 Å². The maximum absolute atomic E-state index is 13.6. The van der Waals surface area contributed by atoms with Gasteiger partial charge in [-0.05, 0) is 63.1 Å². The number of aromatic nitrogens is 1. The summed E-state index contributed by atoms with van der Waals surface area (Å²) < 4.78 is 0. The van der Waals surface area contributed by atoms with E-state index in [1.54, 1.807) is 7.05 Å². The van der Waals surface area contributed by atoms with E-state index in [4.69, 9.17) is 0 Å². The summed E-state index contributed by atoms with van der Waals surface area (Å²) in [4.78, 5) is 25.0. The molecular weight excluding hydrogens is 426 g/mol. The Balaban J connectivity index is 1.66. The van der Waals surface area contributed by atoms with Crippen molar-refractivity contribution in [3.05, 3.63) is 64.3 Å². The Kier molecular flexibility index (Phi) is 6.56. The van der Waals surface area contributed by atoms with Crippen molar-refractivity contribution in [3.63, 3.8) is 0 Å². The molecule has 0 aliphatic heterocycles. The lowest BCUT2D eigenvalue weighted by molar-refractivity contribution is 0.103. The minimum Gasteiger partial charge on any atom is -0.357 e. The van der Waals surface area contributed by atoms with E-state index in [0.717, 1.165) is 51.1 Å². The first-order valence-corrected chi connectivity index (χ1v) is 12.8. The van der Waals surface area contributed by atoms with Gasteiger partial charge in [0.25, 0.3) is 0 Å². The molecule has 0 saturated heterocycles. The molecule has 1 heterocycles. The van der Waals surface area contributed by atoms with E-state index in [-0.39, 0.29) is 11.2 Å². The van der Waals surface area contributed by atoms with Crippen LogP contribution in [0.5, 0.6) is 0 Å². The number of fused-ring (bicyclic) bond motifs is 4. The molecule has 0 saturated carbocycles. The molecule has 1 aliphatic carbocycles. The molecule has 4 nitrogen and oxygen atoms in total. The van der Waals surface area contributed by atoms with Crippen LogP contribution in [-0.4, -0.2) is 53.3 Å². The molecule has 2 aromatic carbocycles. The topological polar surface area (TPSA) is 48.5 Å². The molecule has 0 unspecified atom stereocenters. The number of H-pyrrole nitrogens is 1. The zero-order valence-electron chi connectivity index (χ0n) is 20.8. The zero-order valence-corrected chi connectivity index (χ0v) is 21.6. The van der Waals surface area contributed by atoms with E-state index in [1.807, 2.05) is 36.2 Å². The highest BCUT2D eigenvalue weighted by Gasteiger charge is 2.39. The smallest absolute Gasteiger partial charge is 0.195 e. The molecule has 33 heavy (non-hydrogen) atoms. The first-order chi connectivity index (χ1) is 15.6. The number of thioether (sulfide) groups is 1. The minimum absolute atomic E-state index is 0.116. The van der Waals surface area contributed by atoms with Gasteiger partial charge in [-0.2, -0.15) is 0 Å². The summed E-state index contributed by atoms with van der Waals surface area (Å²) in [6.07, 6.45) is 1.84. The molecule has 0 radical (unpaired) electrons. The number of nitrogens with zero attached hydrogens (tertiary/aromatic N) is 2. The molecule has 1 aliphatic rings. The van der Waals surface area contributed by atoms with Crippen LogP contribution in [-0.2, 0) is 5.41 Å². The number of hydrogen-bond donors (Lipinski definition) is 1. The average Bonchev–Trinajstić information content (AvgIpc) is 3.15. The fraction of sp³-hybridized carbons (Fsp3) is 0.429. The Hall–Kier alpha value is -2.37. The van der Waals surface area contributed by atoms with Crippen molar-refractivity contribution in [3.8, 4) is 0 Å². The fourth-order valence-corrected chi connectivity index (χ4v) is 6.03. The summed E-state index contributed by atoms with van der Waals surface area (Å²) in [7, 11) is 1.77. The van der Waals surface area contributed by atoms with E-state index in [9.17, 15) is 4.79 Å². The lowest BCUT2D eigenvalue weighted by Crippen LogP contribution is -2.38. The van der Waals surface area contributed by atoms with Crippen LogP contribution in [0.2, 0.25) is 0 Å². The van der Waals surface area contributed by atoms with Crippen molar-refractivity contribution >= 4 is 34.7 Å². The molecule has 1 N–H and O–H groups in total. The lowest BCUT2D eigenvalue weighted by Gasteiger charge is -2.32. The van der Waals surface area contributed by atoms with Gasteiger partial charge in [0, 0.05) is 70.1 Å². The van der Waals surface area contributed by atoms with Crippen LogP contribution in [0.25, 0.3) is 10.9 Å². The Morgan fingerprint density at radius 1 is 1.09 bits per heavy atom. The fourth-order valence-electron chi connectivity index (χ4n) is 5.13. The van der Waals surface area contributed by atoms with Crippen molar-refractivity contribution in [1.82, 2.24) is 9.88 Å². The second-order valence-corrected chi connectivity index (χ2v) is 11.2. The normalized spacial score (nSPS) is 15.3. The van der Waals surface area contributed by atoms with E-state index >= 15 is 0 Å². The largest absolute Gasteiger partial charge is 0.357 e. The third kappa shape index (κ3) is 4.29. The highest BCUT2D eigenvalue weighted by molar-refractivity contribution is 7.99. The monoisotopic (exact) mass is 461 g/mol. The number of aliphatic imine (C=N–C) groups is 1. The van der Waals surface area contributed by atoms with Gasteiger partial charge < -0.3 is 4.98 Å². The molecule has 5 heteroatoms. The summed E-state index contributed by atoms with van der Waals surface area (Å²) >= 11 is 1.87. The van der Waals surface area contributed by atoms with Gasteiger partial charge in [0.1, 0.15) is 0 Å². The zero-order chi connectivity index (χ0) is 23.9. The molecule has 0 atom stereocenters. The molecule has 0 amide bonds. The Morgan fingerprint density at radius 3 is 2.48 bits per heavy atom. The minimum atomic E-state index is -0.283. The Morgan fingerprint density at radius 2 is 1.82 bits per heavy atom.